The summed E-state index contributed by atoms with van der Waals surface area (Å²) in [5, 5.41) is 13.0. The summed E-state index contributed by atoms with van der Waals surface area (Å²) in [6, 6.07) is 5.18. The van der Waals surface area contributed by atoms with Crippen LogP contribution >= 0.6 is 15.9 Å². The Morgan fingerprint density at radius 3 is 2.83 bits per heavy atom. The Kier molecular flexibility index (Phi) is 4.24. The van der Waals surface area contributed by atoms with E-state index in [1.807, 2.05) is 11.8 Å². The fourth-order valence-corrected chi connectivity index (χ4v) is 2.38. The molecule has 0 aromatic heterocycles. The summed E-state index contributed by atoms with van der Waals surface area (Å²) in [5.41, 5.74) is 0.365. The molecule has 4 nitrogen and oxygen atoms in total. The van der Waals surface area contributed by atoms with Gasteiger partial charge in [-0.05, 0) is 24.6 Å². The molecule has 18 heavy (non-hydrogen) atoms. The third-order valence-electron chi connectivity index (χ3n) is 3.12. The molecule has 1 aromatic carbocycles. The van der Waals surface area contributed by atoms with E-state index in [9.17, 15) is 9.90 Å². The van der Waals surface area contributed by atoms with Crippen LogP contribution in [0.25, 0.3) is 0 Å². The van der Waals surface area contributed by atoms with Crippen molar-refractivity contribution in [1.29, 1.82) is 0 Å². The lowest BCUT2D eigenvalue weighted by atomic mass is 10.1. The van der Waals surface area contributed by atoms with Crippen molar-refractivity contribution in [2.24, 2.45) is 0 Å². The van der Waals surface area contributed by atoms with Gasteiger partial charge < -0.3 is 15.3 Å². The van der Waals surface area contributed by atoms with Crippen molar-refractivity contribution in [2.75, 3.05) is 19.6 Å². The van der Waals surface area contributed by atoms with Crippen LogP contribution in [-0.2, 0) is 0 Å². The SMILES string of the molecule is CCCN(C(=O)c1cc(Br)ccc1O)C1CNC1. The van der Waals surface area contributed by atoms with Crippen LogP contribution in [-0.4, -0.2) is 41.6 Å². The second kappa shape index (κ2) is 5.71. The molecule has 1 aliphatic rings. The van der Waals surface area contributed by atoms with Crippen molar-refractivity contribution in [2.45, 2.75) is 19.4 Å². The van der Waals surface area contributed by atoms with Crippen LogP contribution in [0.2, 0.25) is 0 Å². The van der Waals surface area contributed by atoms with Gasteiger partial charge in [0.05, 0.1) is 11.6 Å². The number of phenols is 1. The number of halogens is 1. The van der Waals surface area contributed by atoms with E-state index >= 15 is 0 Å². The Hall–Kier alpha value is -1.07. The third-order valence-corrected chi connectivity index (χ3v) is 3.61. The van der Waals surface area contributed by atoms with Gasteiger partial charge in [-0.1, -0.05) is 22.9 Å². The molecule has 2 rings (SSSR count). The highest BCUT2D eigenvalue weighted by Crippen LogP contribution is 2.24. The van der Waals surface area contributed by atoms with Gasteiger partial charge in [-0.15, -0.1) is 0 Å². The van der Waals surface area contributed by atoms with E-state index in [2.05, 4.69) is 21.2 Å². The highest BCUT2D eigenvalue weighted by atomic mass is 79.9. The molecule has 0 aliphatic carbocycles. The number of aromatic hydroxyl groups is 1. The molecule has 1 amide bonds. The molecule has 1 aromatic rings. The van der Waals surface area contributed by atoms with Gasteiger partial charge in [0.25, 0.3) is 5.91 Å². The van der Waals surface area contributed by atoms with Gasteiger partial charge in [-0.25, -0.2) is 0 Å². The number of benzene rings is 1. The van der Waals surface area contributed by atoms with Crippen molar-refractivity contribution in [3.05, 3.63) is 28.2 Å². The average molecular weight is 313 g/mol. The molecule has 0 spiro atoms. The fraction of sp³-hybridized carbons (Fsp3) is 0.462. The molecule has 0 atom stereocenters. The first-order chi connectivity index (χ1) is 8.63. The lowest BCUT2D eigenvalue weighted by molar-refractivity contribution is 0.0612. The summed E-state index contributed by atoms with van der Waals surface area (Å²) in [6.07, 6.45) is 0.914. The smallest absolute Gasteiger partial charge is 0.257 e. The predicted molar refractivity (Wildman–Crippen MR) is 73.8 cm³/mol. The Balaban J connectivity index is 2.23. The molecular weight excluding hydrogens is 296 g/mol. The van der Waals surface area contributed by atoms with E-state index in [1.54, 1.807) is 18.2 Å². The minimum Gasteiger partial charge on any atom is -0.507 e. The Morgan fingerprint density at radius 1 is 1.56 bits per heavy atom. The molecule has 0 radical (unpaired) electrons. The standard InChI is InChI=1S/C13H17BrN2O2/c1-2-5-16(10-7-15-8-10)13(18)11-6-9(14)3-4-12(11)17/h3-4,6,10,15,17H,2,5,7-8H2,1H3. The van der Waals surface area contributed by atoms with Crippen molar-refractivity contribution >= 4 is 21.8 Å². The van der Waals surface area contributed by atoms with Crippen molar-refractivity contribution < 1.29 is 9.90 Å². The number of rotatable bonds is 4. The van der Waals surface area contributed by atoms with Crippen LogP contribution in [0, 0.1) is 0 Å². The number of hydrogen-bond acceptors (Lipinski definition) is 3. The second-order valence-electron chi connectivity index (χ2n) is 4.47. The maximum atomic E-state index is 12.5. The van der Waals surface area contributed by atoms with Crippen LogP contribution in [0.4, 0.5) is 0 Å². The fourth-order valence-electron chi connectivity index (χ4n) is 2.02. The van der Waals surface area contributed by atoms with Crippen LogP contribution in [0.15, 0.2) is 22.7 Å². The van der Waals surface area contributed by atoms with Crippen LogP contribution < -0.4 is 5.32 Å². The Morgan fingerprint density at radius 2 is 2.28 bits per heavy atom. The third kappa shape index (κ3) is 2.67. The number of nitrogens with zero attached hydrogens (tertiary/aromatic N) is 1. The Labute approximate surface area is 115 Å². The summed E-state index contributed by atoms with van der Waals surface area (Å²) < 4.78 is 0.798. The normalized spacial score (nSPS) is 15.2. The van der Waals surface area contributed by atoms with Crippen molar-refractivity contribution in [3.63, 3.8) is 0 Å². The summed E-state index contributed by atoms with van der Waals surface area (Å²) in [5.74, 6) is -0.0567. The number of hydrogen-bond donors (Lipinski definition) is 2. The number of carbonyl (C=O) groups is 1. The molecule has 1 fully saturated rings. The molecule has 1 saturated heterocycles. The zero-order valence-corrected chi connectivity index (χ0v) is 11.9. The van der Waals surface area contributed by atoms with Crippen LogP contribution in [0.1, 0.15) is 23.7 Å². The van der Waals surface area contributed by atoms with Gasteiger partial charge >= 0.3 is 0 Å². The molecular formula is C13H17BrN2O2. The van der Waals surface area contributed by atoms with Gasteiger partial charge in [-0.3, -0.25) is 4.79 Å². The maximum absolute atomic E-state index is 12.5. The lowest BCUT2D eigenvalue weighted by Crippen LogP contribution is -2.59. The largest absolute Gasteiger partial charge is 0.507 e. The number of carbonyl (C=O) groups excluding carboxylic acids is 1. The minimum atomic E-state index is -0.0952. The topological polar surface area (TPSA) is 52.6 Å². The summed E-state index contributed by atoms with van der Waals surface area (Å²) in [4.78, 5) is 14.3. The maximum Gasteiger partial charge on any atom is 0.257 e. The molecule has 0 unspecified atom stereocenters. The van der Waals surface area contributed by atoms with E-state index in [0.717, 1.165) is 30.5 Å². The molecule has 1 aliphatic heterocycles. The molecule has 0 bridgehead atoms. The first-order valence-electron chi connectivity index (χ1n) is 6.13. The molecule has 1 heterocycles. The number of phenolic OH excluding ortho intramolecular Hbond substituents is 1. The van der Waals surface area contributed by atoms with E-state index in [4.69, 9.17) is 0 Å². The second-order valence-corrected chi connectivity index (χ2v) is 5.39. The Bertz CT molecular complexity index is 447. The first kappa shape index (κ1) is 13.4. The summed E-state index contributed by atoms with van der Waals surface area (Å²) >= 11 is 3.33. The van der Waals surface area contributed by atoms with E-state index < -0.39 is 0 Å². The van der Waals surface area contributed by atoms with Crippen molar-refractivity contribution in [1.82, 2.24) is 10.2 Å². The van der Waals surface area contributed by atoms with E-state index in [1.165, 1.54) is 0 Å². The van der Waals surface area contributed by atoms with Crippen LogP contribution in [0.3, 0.4) is 0 Å². The molecule has 0 saturated carbocycles. The van der Waals surface area contributed by atoms with E-state index in [0.29, 0.717) is 5.56 Å². The van der Waals surface area contributed by atoms with Gasteiger partial charge in [0, 0.05) is 24.1 Å². The van der Waals surface area contributed by atoms with Gasteiger partial charge in [0.2, 0.25) is 0 Å². The van der Waals surface area contributed by atoms with E-state index in [-0.39, 0.29) is 17.7 Å². The number of amides is 1. The van der Waals surface area contributed by atoms with Crippen LogP contribution in [0.5, 0.6) is 5.75 Å². The molecule has 98 valence electrons. The summed E-state index contributed by atoms with van der Waals surface area (Å²) in [7, 11) is 0. The highest BCUT2D eigenvalue weighted by molar-refractivity contribution is 9.10. The predicted octanol–water partition coefficient (Wildman–Crippen LogP) is 1.98. The monoisotopic (exact) mass is 312 g/mol. The van der Waals surface area contributed by atoms with Gasteiger partial charge in [0.15, 0.2) is 0 Å². The molecule has 2 N–H and O–H groups in total. The van der Waals surface area contributed by atoms with Gasteiger partial charge in [-0.2, -0.15) is 0 Å². The first-order valence-corrected chi connectivity index (χ1v) is 6.93. The highest BCUT2D eigenvalue weighted by Gasteiger charge is 2.29. The average Bonchev–Trinajstić information content (AvgIpc) is 2.28. The zero-order valence-electron chi connectivity index (χ0n) is 10.3. The zero-order chi connectivity index (χ0) is 13.1. The molecule has 5 heteroatoms. The number of nitrogens with one attached hydrogen (secondary N) is 1. The summed E-state index contributed by atoms with van der Waals surface area (Å²) in [6.45, 7) is 4.44. The van der Waals surface area contributed by atoms with Crippen molar-refractivity contribution in [3.8, 4) is 5.75 Å². The quantitative estimate of drug-likeness (QED) is 0.894. The minimum absolute atomic E-state index is 0.0385. The lowest BCUT2D eigenvalue weighted by Gasteiger charge is -2.38. The van der Waals surface area contributed by atoms with Gasteiger partial charge in [0.1, 0.15) is 5.75 Å².